The molecule has 23 heavy (non-hydrogen) atoms. The van der Waals surface area contributed by atoms with Crippen molar-refractivity contribution >= 4 is 6.08 Å². The highest BCUT2D eigenvalue weighted by molar-refractivity contribution is 5.66. The quantitative estimate of drug-likeness (QED) is 0.558. The molecule has 0 bridgehead atoms. The molecule has 0 saturated carbocycles. The molecule has 0 heterocycles. The normalized spacial score (nSPS) is 12.0. The van der Waals surface area contributed by atoms with Crippen LogP contribution in [0.1, 0.15) is 30.9 Å². The number of alkyl halides is 3. The largest absolute Gasteiger partial charge is 0.409 e. The van der Waals surface area contributed by atoms with Crippen molar-refractivity contribution in [2.24, 2.45) is 0 Å². The van der Waals surface area contributed by atoms with E-state index in [9.17, 15) is 17.6 Å². The van der Waals surface area contributed by atoms with Gasteiger partial charge in [0.15, 0.2) is 0 Å². The molecule has 0 aliphatic heterocycles. The standard InChI is InChI=1S/C19H18F4/c1-2-3-4-14-5-7-15(8-6-14)17-10-9-16(18(20)13-17)11-12-19(21,22)23/h5-13H,2-4H2,1H3. The summed E-state index contributed by atoms with van der Waals surface area (Å²) in [6, 6.07) is 12.1. The van der Waals surface area contributed by atoms with Crippen molar-refractivity contribution in [3.8, 4) is 11.1 Å². The van der Waals surface area contributed by atoms with Gasteiger partial charge in [-0.05, 0) is 41.7 Å². The van der Waals surface area contributed by atoms with Crippen LogP contribution in [0.2, 0.25) is 0 Å². The van der Waals surface area contributed by atoms with Crippen LogP contribution < -0.4 is 0 Å². The van der Waals surface area contributed by atoms with Crippen molar-refractivity contribution in [3.05, 3.63) is 65.5 Å². The average Bonchev–Trinajstić information content (AvgIpc) is 2.51. The summed E-state index contributed by atoms with van der Waals surface area (Å²) >= 11 is 0. The first-order valence-corrected chi connectivity index (χ1v) is 7.54. The summed E-state index contributed by atoms with van der Waals surface area (Å²) in [6.45, 7) is 2.13. The first kappa shape index (κ1) is 17.3. The van der Waals surface area contributed by atoms with E-state index in [4.69, 9.17) is 0 Å². The molecule has 0 aliphatic carbocycles. The lowest BCUT2D eigenvalue weighted by Crippen LogP contribution is -2.00. The molecule has 0 saturated heterocycles. The van der Waals surface area contributed by atoms with Gasteiger partial charge in [-0.1, -0.05) is 49.7 Å². The molecular weight excluding hydrogens is 304 g/mol. The third-order valence-corrected chi connectivity index (χ3v) is 3.56. The first-order valence-electron chi connectivity index (χ1n) is 7.54. The Balaban J connectivity index is 2.18. The highest BCUT2D eigenvalue weighted by Crippen LogP contribution is 2.25. The van der Waals surface area contributed by atoms with Gasteiger partial charge in [-0.2, -0.15) is 13.2 Å². The van der Waals surface area contributed by atoms with Crippen LogP contribution >= 0.6 is 0 Å². The van der Waals surface area contributed by atoms with E-state index in [2.05, 4.69) is 6.92 Å². The Hall–Kier alpha value is -2.10. The summed E-state index contributed by atoms with van der Waals surface area (Å²) in [4.78, 5) is 0. The zero-order valence-electron chi connectivity index (χ0n) is 12.8. The molecule has 0 fully saturated rings. The maximum Gasteiger partial charge on any atom is 0.409 e. The molecule has 0 amide bonds. The van der Waals surface area contributed by atoms with Crippen molar-refractivity contribution in [1.82, 2.24) is 0 Å². The molecule has 0 aromatic heterocycles. The van der Waals surface area contributed by atoms with E-state index in [1.54, 1.807) is 6.07 Å². The third-order valence-electron chi connectivity index (χ3n) is 3.56. The number of hydrogen-bond donors (Lipinski definition) is 0. The highest BCUT2D eigenvalue weighted by atomic mass is 19.4. The molecular formula is C19H18F4. The zero-order valence-corrected chi connectivity index (χ0v) is 12.8. The Morgan fingerprint density at radius 3 is 2.17 bits per heavy atom. The number of aryl methyl sites for hydroxylation is 1. The van der Waals surface area contributed by atoms with Gasteiger partial charge in [0.2, 0.25) is 0 Å². The number of unbranched alkanes of at least 4 members (excludes halogenated alkanes) is 1. The van der Waals surface area contributed by atoms with E-state index in [0.29, 0.717) is 5.56 Å². The number of benzene rings is 2. The zero-order chi connectivity index (χ0) is 16.9. The SMILES string of the molecule is CCCCc1ccc(-c2ccc(C=CC(F)(F)F)c(F)c2)cc1. The van der Waals surface area contributed by atoms with Crippen LogP contribution in [0.4, 0.5) is 17.6 Å². The summed E-state index contributed by atoms with van der Waals surface area (Å²) in [5, 5.41) is 0. The van der Waals surface area contributed by atoms with Crippen LogP contribution in [0.15, 0.2) is 48.5 Å². The Kier molecular flexibility index (Phi) is 5.59. The van der Waals surface area contributed by atoms with Crippen LogP contribution in [0.3, 0.4) is 0 Å². The van der Waals surface area contributed by atoms with Crippen molar-refractivity contribution in [2.45, 2.75) is 32.4 Å². The van der Waals surface area contributed by atoms with E-state index < -0.39 is 12.0 Å². The summed E-state index contributed by atoms with van der Waals surface area (Å²) in [7, 11) is 0. The van der Waals surface area contributed by atoms with Gasteiger partial charge < -0.3 is 0 Å². The Morgan fingerprint density at radius 2 is 1.61 bits per heavy atom. The predicted molar refractivity (Wildman–Crippen MR) is 85.5 cm³/mol. The molecule has 2 rings (SSSR count). The Bertz CT molecular complexity index is 667. The summed E-state index contributed by atoms with van der Waals surface area (Å²) in [6.07, 6.45) is -0.416. The minimum atomic E-state index is -4.45. The maximum absolute atomic E-state index is 13.9. The van der Waals surface area contributed by atoms with Gasteiger partial charge in [0.1, 0.15) is 5.82 Å². The van der Waals surface area contributed by atoms with Crippen molar-refractivity contribution in [2.75, 3.05) is 0 Å². The van der Waals surface area contributed by atoms with Gasteiger partial charge in [-0.25, -0.2) is 4.39 Å². The maximum atomic E-state index is 13.9. The second-order valence-corrected chi connectivity index (χ2v) is 5.41. The average molecular weight is 322 g/mol. The lowest BCUT2D eigenvalue weighted by atomic mass is 10.0. The Morgan fingerprint density at radius 1 is 0.957 bits per heavy atom. The van der Waals surface area contributed by atoms with Gasteiger partial charge in [0.25, 0.3) is 0 Å². The number of allylic oxidation sites excluding steroid dienone is 1. The fourth-order valence-electron chi connectivity index (χ4n) is 2.27. The molecule has 2 aromatic carbocycles. The van der Waals surface area contributed by atoms with Gasteiger partial charge in [0, 0.05) is 11.6 Å². The lowest BCUT2D eigenvalue weighted by molar-refractivity contribution is -0.0790. The number of rotatable bonds is 5. The lowest BCUT2D eigenvalue weighted by Gasteiger charge is -2.06. The first-order chi connectivity index (χ1) is 10.9. The Labute approximate surface area is 133 Å². The second kappa shape index (κ2) is 7.44. The molecule has 4 heteroatoms. The molecule has 0 nitrogen and oxygen atoms in total. The minimum Gasteiger partial charge on any atom is -0.206 e. The molecule has 2 aromatic rings. The van der Waals surface area contributed by atoms with Crippen molar-refractivity contribution in [1.29, 1.82) is 0 Å². The third kappa shape index (κ3) is 5.23. The van der Waals surface area contributed by atoms with E-state index in [1.807, 2.05) is 24.3 Å². The molecule has 0 atom stereocenters. The number of halogens is 4. The van der Waals surface area contributed by atoms with Crippen LogP contribution in [-0.4, -0.2) is 6.18 Å². The van der Waals surface area contributed by atoms with Gasteiger partial charge in [-0.3, -0.25) is 0 Å². The van der Waals surface area contributed by atoms with Gasteiger partial charge in [0.05, 0.1) is 0 Å². The molecule has 0 aliphatic rings. The fraction of sp³-hybridized carbons (Fsp3) is 0.263. The minimum absolute atomic E-state index is 0.0353. The van der Waals surface area contributed by atoms with E-state index in [1.165, 1.54) is 17.7 Å². The fourth-order valence-corrected chi connectivity index (χ4v) is 2.27. The molecule has 0 radical (unpaired) electrons. The summed E-state index contributed by atoms with van der Waals surface area (Å²) in [5.41, 5.74) is 2.63. The molecule has 0 spiro atoms. The monoisotopic (exact) mass is 322 g/mol. The van der Waals surface area contributed by atoms with E-state index in [-0.39, 0.29) is 11.6 Å². The smallest absolute Gasteiger partial charge is 0.206 e. The second-order valence-electron chi connectivity index (χ2n) is 5.41. The molecule has 122 valence electrons. The van der Waals surface area contributed by atoms with E-state index >= 15 is 0 Å². The van der Waals surface area contributed by atoms with Crippen LogP contribution in [0, 0.1) is 5.82 Å². The molecule has 0 unspecified atom stereocenters. The summed E-state index contributed by atoms with van der Waals surface area (Å²) < 4.78 is 50.3. The summed E-state index contributed by atoms with van der Waals surface area (Å²) in [5.74, 6) is -0.668. The van der Waals surface area contributed by atoms with Crippen LogP contribution in [-0.2, 0) is 6.42 Å². The van der Waals surface area contributed by atoms with Gasteiger partial charge in [-0.15, -0.1) is 0 Å². The van der Waals surface area contributed by atoms with Crippen LogP contribution in [0.5, 0.6) is 0 Å². The van der Waals surface area contributed by atoms with Crippen molar-refractivity contribution < 1.29 is 17.6 Å². The van der Waals surface area contributed by atoms with E-state index in [0.717, 1.165) is 30.9 Å². The topological polar surface area (TPSA) is 0 Å². The van der Waals surface area contributed by atoms with Crippen LogP contribution in [0.25, 0.3) is 17.2 Å². The molecule has 0 N–H and O–H groups in total. The van der Waals surface area contributed by atoms with Gasteiger partial charge >= 0.3 is 6.18 Å². The highest BCUT2D eigenvalue weighted by Gasteiger charge is 2.22. The van der Waals surface area contributed by atoms with Crippen molar-refractivity contribution in [3.63, 3.8) is 0 Å². The number of hydrogen-bond acceptors (Lipinski definition) is 0. The predicted octanol–water partition coefficient (Wildman–Crippen LogP) is 6.41.